The predicted molar refractivity (Wildman–Crippen MR) is 304 cm³/mol. The van der Waals surface area contributed by atoms with Crippen LogP contribution in [0.1, 0.15) is 76.5 Å². The van der Waals surface area contributed by atoms with Gasteiger partial charge in [-0.1, -0.05) is 50.2 Å². The van der Waals surface area contributed by atoms with Gasteiger partial charge in [0.25, 0.3) is 0 Å². The summed E-state index contributed by atoms with van der Waals surface area (Å²) in [5, 5.41) is 108. The van der Waals surface area contributed by atoms with Crippen molar-refractivity contribution in [2.45, 2.75) is 146 Å². The molecule has 3 aromatic carbocycles. The molecule has 0 unspecified atom stereocenters. The number of phenolic OH excluding ortho intramolecular Hbond substituents is 3. The van der Waals surface area contributed by atoms with Gasteiger partial charge in [-0.05, 0) is 79.3 Å². The third kappa shape index (κ3) is 25.6. The molecule has 0 saturated heterocycles. The molecule has 0 spiro atoms. The first-order valence-electron chi connectivity index (χ1n) is 27.2. The Morgan fingerprint density at radius 1 is 0.360 bits per heavy atom. The molecule has 0 radical (unpaired) electrons. The number of nitrogens with one attached hydrogen (secondary N) is 9. The third-order valence-electron chi connectivity index (χ3n) is 12.9. The molecule has 0 saturated carbocycles. The number of phenols is 3. The number of rotatable bonds is 36. The number of hydrogen-bond donors (Lipinski definition) is 19. The average Bonchev–Trinajstić information content (AvgIpc) is 2.69. The van der Waals surface area contributed by atoms with Crippen LogP contribution in [0.2, 0.25) is 0 Å². The number of aromatic hydroxyl groups is 3. The summed E-state index contributed by atoms with van der Waals surface area (Å²) in [5.41, 5.74) is 6.30. The Hall–Kier alpha value is -10.4. The molecule has 9 amide bonds. The Bertz CT molecular complexity index is 3050. The Labute approximate surface area is 506 Å². The van der Waals surface area contributed by atoms with Gasteiger partial charge in [0, 0.05) is 19.3 Å². The van der Waals surface area contributed by atoms with Crippen molar-refractivity contribution in [2.24, 2.45) is 11.7 Å². The number of aliphatic hydroxyl groups is 1. The highest BCUT2D eigenvalue weighted by molar-refractivity contribution is 6.00. The fourth-order valence-electron chi connectivity index (χ4n) is 8.32. The van der Waals surface area contributed by atoms with Gasteiger partial charge in [0.1, 0.15) is 71.6 Å². The molecule has 0 aromatic heterocycles. The van der Waals surface area contributed by atoms with Gasteiger partial charge in [0.05, 0.1) is 37.8 Å². The monoisotopic (exact) mass is 1250 g/mol. The number of hydrogen-bond acceptors (Lipinski definition) is 19. The normalized spacial score (nSPS) is 14.7. The molecule has 0 aliphatic rings. The fraction of sp³-hybridized carbons (Fsp3) is 0.429. The number of nitrogens with two attached hydrogens (primary N) is 1. The van der Waals surface area contributed by atoms with Crippen LogP contribution in [0.3, 0.4) is 0 Å². The molecular weight excluding hydrogens is 1180 g/mol. The maximum atomic E-state index is 14.5. The number of carbonyl (C=O) groups excluding carboxylic acids is 9. The van der Waals surface area contributed by atoms with E-state index in [0.717, 1.165) is 13.8 Å². The van der Waals surface area contributed by atoms with E-state index in [1.807, 2.05) is 5.32 Å². The van der Waals surface area contributed by atoms with Crippen molar-refractivity contribution in [1.29, 1.82) is 0 Å². The molecule has 0 heterocycles. The molecule has 33 nitrogen and oxygen atoms in total. The number of benzene rings is 3. The van der Waals surface area contributed by atoms with Gasteiger partial charge in [-0.15, -0.1) is 0 Å². The quantitative estimate of drug-likeness (QED) is 0.0263. The molecular formula is C56H72N10O23. The summed E-state index contributed by atoms with van der Waals surface area (Å²) in [6.07, 6.45) is -7.75. The third-order valence-corrected chi connectivity index (χ3v) is 12.9. The van der Waals surface area contributed by atoms with Gasteiger partial charge in [0.15, 0.2) is 0 Å². The fourth-order valence-corrected chi connectivity index (χ4v) is 8.32. The zero-order valence-corrected chi connectivity index (χ0v) is 48.3. The molecule has 0 bridgehead atoms. The van der Waals surface area contributed by atoms with Crippen LogP contribution in [-0.4, -0.2) is 195 Å². The summed E-state index contributed by atoms with van der Waals surface area (Å²) in [6, 6.07) is -3.17. The zero-order chi connectivity index (χ0) is 67.0. The van der Waals surface area contributed by atoms with Crippen molar-refractivity contribution in [3.8, 4) is 17.2 Å². The van der Waals surface area contributed by atoms with Crippen molar-refractivity contribution in [1.82, 2.24) is 47.9 Å². The standard InChI is InChI=1S/C56H72N10O23/c1-25(2)17-35(54(86)66-46(27(4)67)55(87)65-41(56(88)89)24-45(77)78)60-50(82)37(19-29-7-13-32(69)14-8-29)61-53(85)40(23-44(75)76)64-51(83)38(20-30-9-15-33(70)16-10-30)62-52(84)39(22-43(73)74)63-49(81)36(18-28-5-11-31(68)12-6-28)59-47(79)26(3)58-48(80)34(57)21-42(71)72/h5-16,25-27,34-41,46,67-70H,17-24,57H2,1-4H3,(H,58,80)(H,59,79)(H,60,82)(H,61,85)(H,62,84)(H,63,81)(H,64,83)(H,65,87)(H,66,86)(H,71,72)(H,73,74)(H,75,76)(H,77,78)(H,88,89)/t26-,27+,34-,35-,36-,37-,38-,39-,40-,41-,46-/m0/s1. The van der Waals surface area contributed by atoms with Crippen LogP contribution in [0.15, 0.2) is 72.8 Å². The van der Waals surface area contributed by atoms with Crippen LogP contribution >= 0.6 is 0 Å². The van der Waals surface area contributed by atoms with E-state index < -0.39 is 200 Å². The minimum absolute atomic E-state index is 0.178. The van der Waals surface area contributed by atoms with Crippen molar-refractivity contribution >= 4 is 83.0 Å². The number of aliphatic carboxylic acids is 5. The lowest BCUT2D eigenvalue weighted by Gasteiger charge is -2.28. The maximum Gasteiger partial charge on any atom is 0.326 e. The first-order valence-corrected chi connectivity index (χ1v) is 27.2. The summed E-state index contributed by atoms with van der Waals surface area (Å²) in [4.78, 5) is 183. The molecule has 0 fully saturated rings. The van der Waals surface area contributed by atoms with E-state index in [9.17, 15) is 103 Å². The highest BCUT2D eigenvalue weighted by Gasteiger charge is 2.38. The van der Waals surface area contributed by atoms with Gasteiger partial charge in [-0.2, -0.15) is 0 Å². The molecule has 484 valence electrons. The van der Waals surface area contributed by atoms with E-state index in [1.165, 1.54) is 72.8 Å². The molecule has 3 aromatic rings. The van der Waals surface area contributed by atoms with Crippen molar-refractivity contribution in [2.75, 3.05) is 0 Å². The number of carboxylic acid groups (broad SMARTS) is 5. The maximum absolute atomic E-state index is 14.5. The van der Waals surface area contributed by atoms with E-state index in [2.05, 4.69) is 42.5 Å². The second kappa shape index (κ2) is 34.6. The van der Waals surface area contributed by atoms with E-state index >= 15 is 0 Å². The number of amides is 9. The van der Waals surface area contributed by atoms with E-state index in [4.69, 9.17) is 15.9 Å². The van der Waals surface area contributed by atoms with Crippen LogP contribution in [0.5, 0.6) is 17.2 Å². The van der Waals surface area contributed by atoms with Crippen LogP contribution in [0.4, 0.5) is 0 Å². The lowest BCUT2D eigenvalue weighted by molar-refractivity contribution is -0.148. The first-order chi connectivity index (χ1) is 41.6. The highest BCUT2D eigenvalue weighted by atomic mass is 16.4. The smallest absolute Gasteiger partial charge is 0.326 e. The van der Waals surface area contributed by atoms with Crippen molar-refractivity contribution in [3.63, 3.8) is 0 Å². The van der Waals surface area contributed by atoms with Gasteiger partial charge in [0.2, 0.25) is 53.2 Å². The SMILES string of the molecule is CC(C)C[C@H](NC(=O)[C@H](Cc1ccc(O)cc1)NC(=O)[C@H](CC(=O)O)NC(=O)[C@H](Cc1ccc(O)cc1)NC(=O)[C@H](CC(=O)O)NC(=O)[C@H](Cc1ccc(O)cc1)NC(=O)[C@H](C)NC(=O)[C@@H](N)CC(=O)O)C(=O)N[C@H](C(=O)N[C@@H](CC(=O)O)C(=O)O)[C@@H](C)O. The number of aliphatic hydroxyl groups excluding tert-OH is 1. The topological polar surface area (TPSA) is 555 Å². The summed E-state index contributed by atoms with van der Waals surface area (Å²) in [5.74, 6) is -20.4. The molecule has 0 aliphatic carbocycles. The van der Waals surface area contributed by atoms with Crippen molar-refractivity contribution < 1.29 is 113 Å². The average molecular weight is 1250 g/mol. The largest absolute Gasteiger partial charge is 0.508 e. The number of carbonyl (C=O) groups is 14. The Kier molecular flexibility index (Phi) is 28.3. The van der Waals surface area contributed by atoms with Crippen LogP contribution in [0.25, 0.3) is 0 Å². The van der Waals surface area contributed by atoms with E-state index in [0.29, 0.717) is 0 Å². The van der Waals surface area contributed by atoms with E-state index in [-0.39, 0.29) is 40.4 Å². The van der Waals surface area contributed by atoms with Gasteiger partial charge in [-0.25, -0.2) is 4.79 Å². The minimum Gasteiger partial charge on any atom is -0.508 e. The predicted octanol–water partition coefficient (Wildman–Crippen LogP) is -4.05. The Morgan fingerprint density at radius 2 is 0.652 bits per heavy atom. The summed E-state index contributed by atoms with van der Waals surface area (Å²) >= 11 is 0. The molecule has 11 atom stereocenters. The number of carboxylic acids is 5. The minimum atomic E-state index is -2.15. The first kappa shape index (κ1) is 72.8. The van der Waals surface area contributed by atoms with Crippen molar-refractivity contribution in [3.05, 3.63) is 89.5 Å². The second-order valence-electron chi connectivity index (χ2n) is 21.0. The molecule has 20 N–H and O–H groups in total. The van der Waals surface area contributed by atoms with Gasteiger partial charge < -0.3 is 99.5 Å². The molecule has 33 heteroatoms. The lowest BCUT2D eigenvalue weighted by atomic mass is 10.00. The zero-order valence-electron chi connectivity index (χ0n) is 48.3. The van der Waals surface area contributed by atoms with E-state index in [1.54, 1.807) is 13.8 Å². The van der Waals surface area contributed by atoms with Crippen LogP contribution in [-0.2, 0) is 86.4 Å². The molecule has 3 rings (SSSR count). The Balaban J connectivity index is 2.03. The lowest BCUT2D eigenvalue weighted by Crippen LogP contribution is -2.62. The second-order valence-corrected chi connectivity index (χ2v) is 21.0. The van der Waals surface area contributed by atoms with Crippen LogP contribution < -0.4 is 53.6 Å². The molecule has 0 aliphatic heterocycles. The summed E-state index contributed by atoms with van der Waals surface area (Å²) in [7, 11) is 0. The Morgan fingerprint density at radius 3 is 0.978 bits per heavy atom. The van der Waals surface area contributed by atoms with Gasteiger partial charge >= 0.3 is 29.8 Å². The molecule has 89 heavy (non-hydrogen) atoms. The summed E-state index contributed by atoms with van der Waals surface area (Å²) < 4.78 is 0. The summed E-state index contributed by atoms with van der Waals surface area (Å²) in [6.45, 7) is 5.42. The van der Waals surface area contributed by atoms with Gasteiger partial charge in [-0.3, -0.25) is 62.3 Å². The van der Waals surface area contributed by atoms with Crippen LogP contribution in [0, 0.1) is 5.92 Å². The highest BCUT2D eigenvalue weighted by Crippen LogP contribution is 2.17.